The molecule has 3 atom stereocenters. The fourth-order valence-electron chi connectivity index (χ4n) is 5.42. The normalized spacial score (nSPS) is 27.5. The molecule has 0 spiro atoms. The van der Waals surface area contributed by atoms with Gasteiger partial charge in [0.25, 0.3) is 5.92 Å². The van der Waals surface area contributed by atoms with E-state index in [4.69, 9.17) is 10.5 Å². The van der Waals surface area contributed by atoms with E-state index in [2.05, 4.69) is 0 Å². The van der Waals surface area contributed by atoms with Gasteiger partial charge in [-0.05, 0) is 18.4 Å². The van der Waals surface area contributed by atoms with Crippen LogP contribution in [0.3, 0.4) is 0 Å². The summed E-state index contributed by atoms with van der Waals surface area (Å²) < 4.78 is 63.1. The van der Waals surface area contributed by atoms with E-state index in [0.717, 1.165) is 12.3 Å². The molecule has 1 aromatic heterocycles. The minimum Gasteiger partial charge on any atom is -0.492 e. The molecule has 1 aliphatic heterocycles. The number of pyridine rings is 1. The standard InChI is InChI=1S/C22H23F4N3O4/c1-33-19-16-11(18(30)12(20(31)32)7-29(16)15-5-13(15)23)4-14(24)17(19)28-3-2-10(6-28)21(27)8-22(25,26)9-21/h4,7,10,13,15H,2-3,5-6,8-9,27H2,1H3,(H,31,32)/t10?,13-,15+/m0/s1. The lowest BCUT2D eigenvalue weighted by molar-refractivity contribution is -0.136. The number of alkyl halides is 3. The largest absolute Gasteiger partial charge is 0.492 e. The third-order valence-electron chi connectivity index (χ3n) is 7.16. The summed E-state index contributed by atoms with van der Waals surface area (Å²) in [7, 11) is 1.28. The Morgan fingerprint density at radius 3 is 2.55 bits per heavy atom. The second-order valence-electron chi connectivity index (χ2n) is 9.41. The molecule has 2 aromatic rings. The van der Waals surface area contributed by atoms with Crippen molar-refractivity contribution in [3.63, 3.8) is 0 Å². The molecule has 2 saturated carbocycles. The second kappa shape index (κ2) is 7.09. The number of ether oxygens (including phenoxy) is 1. The first-order chi connectivity index (χ1) is 15.5. The minimum absolute atomic E-state index is 0.0227. The number of anilines is 1. The molecule has 3 fully saturated rings. The number of carboxylic acid groups (broad SMARTS) is 1. The molecule has 5 rings (SSSR count). The number of nitrogens with zero attached hydrogens (tertiary/aromatic N) is 2. The van der Waals surface area contributed by atoms with Crippen LogP contribution in [0.5, 0.6) is 5.75 Å². The van der Waals surface area contributed by atoms with Gasteiger partial charge in [0.05, 0.1) is 24.1 Å². The molecule has 0 amide bonds. The third kappa shape index (κ3) is 3.35. The van der Waals surface area contributed by atoms with Crippen LogP contribution in [0.25, 0.3) is 10.9 Å². The highest BCUT2D eigenvalue weighted by atomic mass is 19.3. The van der Waals surface area contributed by atoms with Crippen molar-refractivity contribution in [1.82, 2.24) is 4.57 Å². The molecule has 1 unspecified atom stereocenters. The molecule has 2 heterocycles. The Balaban J connectivity index is 1.62. The lowest BCUT2D eigenvalue weighted by Gasteiger charge is -2.48. The quantitative estimate of drug-likeness (QED) is 0.654. The number of aromatic nitrogens is 1. The van der Waals surface area contributed by atoms with Crippen LogP contribution in [0.1, 0.15) is 42.1 Å². The van der Waals surface area contributed by atoms with E-state index in [1.807, 2.05) is 0 Å². The second-order valence-corrected chi connectivity index (χ2v) is 9.41. The lowest BCUT2D eigenvalue weighted by Crippen LogP contribution is -2.63. The predicted octanol–water partition coefficient (Wildman–Crippen LogP) is 3.08. The highest BCUT2D eigenvalue weighted by molar-refractivity contribution is 5.97. The SMILES string of the molecule is COc1c(N2CCC(C3(N)CC(F)(F)C3)C2)c(F)cc2c(=O)c(C(=O)O)cn([C@@H]3C[C@@H]3F)c12. The summed E-state index contributed by atoms with van der Waals surface area (Å²) in [6, 6.07) is 0.242. The summed E-state index contributed by atoms with van der Waals surface area (Å²) in [5.74, 6) is -5.41. The number of hydrogen-bond donors (Lipinski definition) is 2. The van der Waals surface area contributed by atoms with Gasteiger partial charge < -0.3 is 25.0 Å². The molecule has 3 aliphatic rings. The Morgan fingerprint density at radius 2 is 2.00 bits per heavy atom. The molecule has 7 nitrogen and oxygen atoms in total. The maximum absolute atomic E-state index is 15.4. The van der Waals surface area contributed by atoms with Crippen molar-refractivity contribution in [2.45, 2.75) is 49.4 Å². The Hall–Kier alpha value is -2.82. The Bertz CT molecular complexity index is 1220. The predicted molar refractivity (Wildman–Crippen MR) is 112 cm³/mol. The van der Waals surface area contributed by atoms with Gasteiger partial charge in [0.2, 0.25) is 5.43 Å². The van der Waals surface area contributed by atoms with E-state index in [1.165, 1.54) is 11.7 Å². The first kappa shape index (κ1) is 22.0. The average Bonchev–Trinajstić information content (AvgIpc) is 3.22. The van der Waals surface area contributed by atoms with Crippen LogP contribution in [-0.2, 0) is 0 Å². The van der Waals surface area contributed by atoms with E-state index in [9.17, 15) is 27.9 Å². The fraction of sp³-hybridized carbons (Fsp3) is 0.545. The number of carboxylic acids is 1. The molecule has 2 aliphatic carbocycles. The maximum Gasteiger partial charge on any atom is 0.341 e. The minimum atomic E-state index is -2.79. The van der Waals surface area contributed by atoms with Crippen LogP contribution >= 0.6 is 0 Å². The van der Waals surface area contributed by atoms with Crippen LogP contribution in [-0.4, -0.2) is 53.5 Å². The van der Waals surface area contributed by atoms with Gasteiger partial charge >= 0.3 is 5.97 Å². The first-order valence-electron chi connectivity index (χ1n) is 10.7. The number of rotatable bonds is 5. The number of nitrogens with two attached hydrogens (primary N) is 1. The zero-order valence-corrected chi connectivity index (χ0v) is 17.8. The van der Waals surface area contributed by atoms with Gasteiger partial charge in [-0.15, -0.1) is 0 Å². The molecule has 1 aromatic carbocycles. The van der Waals surface area contributed by atoms with Crippen molar-refractivity contribution in [3.05, 3.63) is 33.9 Å². The van der Waals surface area contributed by atoms with Crippen molar-refractivity contribution >= 4 is 22.6 Å². The molecule has 33 heavy (non-hydrogen) atoms. The van der Waals surface area contributed by atoms with Crippen LogP contribution < -0.4 is 20.8 Å². The monoisotopic (exact) mass is 469 g/mol. The van der Waals surface area contributed by atoms with Crippen LogP contribution in [0, 0.1) is 11.7 Å². The Labute approximate surface area is 185 Å². The molecule has 11 heteroatoms. The summed E-state index contributed by atoms with van der Waals surface area (Å²) >= 11 is 0. The summed E-state index contributed by atoms with van der Waals surface area (Å²) in [6.45, 7) is 0.554. The van der Waals surface area contributed by atoms with E-state index >= 15 is 4.39 Å². The van der Waals surface area contributed by atoms with E-state index in [1.54, 1.807) is 4.90 Å². The Morgan fingerprint density at radius 1 is 1.33 bits per heavy atom. The molecule has 0 bridgehead atoms. The van der Waals surface area contributed by atoms with Crippen molar-refractivity contribution in [2.24, 2.45) is 11.7 Å². The summed E-state index contributed by atoms with van der Waals surface area (Å²) in [6.07, 6.45) is -0.404. The fourth-order valence-corrected chi connectivity index (χ4v) is 5.42. The zero-order valence-electron chi connectivity index (χ0n) is 17.8. The van der Waals surface area contributed by atoms with E-state index < -0.39 is 59.3 Å². The highest BCUT2D eigenvalue weighted by Crippen LogP contribution is 2.51. The van der Waals surface area contributed by atoms with Gasteiger partial charge in [0, 0.05) is 44.1 Å². The highest BCUT2D eigenvalue weighted by Gasteiger charge is 2.58. The van der Waals surface area contributed by atoms with Gasteiger partial charge in [0.15, 0.2) is 11.6 Å². The molecule has 3 N–H and O–H groups in total. The topological polar surface area (TPSA) is 97.8 Å². The summed E-state index contributed by atoms with van der Waals surface area (Å²) in [5.41, 5.74) is 3.81. The molecule has 0 radical (unpaired) electrons. The van der Waals surface area contributed by atoms with Crippen LogP contribution in [0.15, 0.2) is 17.1 Å². The van der Waals surface area contributed by atoms with Crippen molar-refractivity contribution in [2.75, 3.05) is 25.1 Å². The summed E-state index contributed by atoms with van der Waals surface area (Å²) in [5, 5.41) is 9.18. The van der Waals surface area contributed by atoms with Crippen molar-refractivity contribution in [1.29, 1.82) is 0 Å². The van der Waals surface area contributed by atoms with Gasteiger partial charge in [0.1, 0.15) is 17.4 Å². The Kier molecular flexibility index (Phi) is 4.72. The molecule has 178 valence electrons. The van der Waals surface area contributed by atoms with Crippen LogP contribution in [0.2, 0.25) is 0 Å². The number of aromatic carboxylic acids is 1. The number of hydrogen-bond acceptors (Lipinski definition) is 5. The number of halogens is 4. The lowest BCUT2D eigenvalue weighted by atomic mass is 9.66. The number of carbonyl (C=O) groups is 1. The number of fused-ring (bicyclic) bond motifs is 1. The third-order valence-corrected chi connectivity index (χ3v) is 7.16. The van der Waals surface area contributed by atoms with Gasteiger partial charge in [-0.3, -0.25) is 4.79 Å². The van der Waals surface area contributed by atoms with Gasteiger partial charge in [-0.1, -0.05) is 0 Å². The molecule has 1 saturated heterocycles. The number of methoxy groups -OCH3 is 1. The number of benzene rings is 1. The van der Waals surface area contributed by atoms with Gasteiger partial charge in [-0.25, -0.2) is 22.4 Å². The van der Waals surface area contributed by atoms with Gasteiger partial charge in [-0.2, -0.15) is 0 Å². The zero-order chi connectivity index (χ0) is 23.9. The smallest absolute Gasteiger partial charge is 0.341 e. The average molecular weight is 469 g/mol. The van der Waals surface area contributed by atoms with E-state index in [0.29, 0.717) is 13.0 Å². The van der Waals surface area contributed by atoms with E-state index in [-0.39, 0.29) is 41.2 Å². The molecular weight excluding hydrogens is 446 g/mol. The van der Waals surface area contributed by atoms with Crippen LogP contribution in [0.4, 0.5) is 23.2 Å². The summed E-state index contributed by atoms with van der Waals surface area (Å²) in [4.78, 5) is 26.0. The molecular formula is C22H23F4N3O4. The maximum atomic E-state index is 15.4. The first-order valence-corrected chi connectivity index (χ1v) is 10.7. The van der Waals surface area contributed by atoms with Crippen molar-refractivity contribution < 1.29 is 32.2 Å². The van der Waals surface area contributed by atoms with Crippen molar-refractivity contribution in [3.8, 4) is 5.75 Å².